The molecule has 2 amide bonds. The highest BCUT2D eigenvalue weighted by Gasteiger charge is 2.34. The van der Waals surface area contributed by atoms with Gasteiger partial charge in [0.25, 0.3) is 5.91 Å². The lowest BCUT2D eigenvalue weighted by Gasteiger charge is -2.37. The molecule has 0 saturated heterocycles. The SMILES string of the molecule is CCCCN(CC(=O)N1CCc2sccc2C1c1ccc(F)cc1)C(=O)COc1ccccc1. The Labute approximate surface area is 203 Å². The van der Waals surface area contributed by atoms with Crippen LogP contribution in [0.2, 0.25) is 0 Å². The number of unbranched alkanes of at least 4 members (excludes halogenated alkanes) is 1. The molecule has 0 spiro atoms. The maximum atomic E-state index is 13.6. The van der Waals surface area contributed by atoms with Gasteiger partial charge in [0.05, 0.1) is 12.6 Å². The smallest absolute Gasteiger partial charge is 0.260 e. The molecule has 5 nitrogen and oxygen atoms in total. The second-order valence-corrected chi connectivity index (χ2v) is 9.36. The molecule has 0 N–H and O–H groups in total. The molecule has 0 saturated carbocycles. The summed E-state index contributed by atoms with van der Waals surface area (Å²) >= 11 is 1.68. The Morgan fingerprint density at radius 1 is 1.12 bits per heavy atom. The third-order valence-electron chi connectivity index (χ3n) is 6.04. The number of amides is 2. The van der Waals surface area contributed by atoms with Gasteiger partial charge in [-0.2, -0.15) is 0 Å². The van der Waals surface area contributed by atoms with Gasteiger partial charge in [-0.1, -0.05) is 43.7 Å². The molecule has 3 aromatic rings. The van der Waals surface area contributed by atoms with Gasteiger partial charge >= 0.3 is 0 Å². The minimum absolute atomic E-state index is 0.00581. The van der Waals surface area contributed by atoms with E-state index in [4.69, 9.17) is 4.74 Å². The first-order chi connectivity index (χ1) is 16.6. The van der Waals surface area contributed by atoms with Crippen molar-refractivity contribution in [1.29, 1.82) is 0 Å². The molecule has 2 aromatic carbocycles. The zero-order valence-corrected chi connectivity index (χ0v) is 20.1. The van der Waals surface area contributed by atoms with Crippen molar-refractivity contribution >= 4 is 23.2 Å². The third-order valence-corrected chi connectivity index (χ3v) is 7.03. The Kier molecular flexibility index (Phi) is 7.95. The summed E-state index contributed by atoms with van der Waals surface area (Å²) in [4.78, 5) is 31.2. The quantitative estimate of drug-likeness (QED) is 0.430. The lowest BCUT2D eigenvalue weighted by molar-refractivity contribution is -0.142. The van der Waals surface area contributed by atoms with E-state index in [2.05, 4.69) is 6.92 Å². The lowest BCUT2D eigenvalue weighted by Crippen LogP contribution is -2.47. The van der Waals surface area contributed by atoms with E-state index in [0.717, 1.165) is 30.4 Å². The molecular weight excluding hydrogens is 451 g/mol. The van der Waals surface area contributed by atoms with Crippen molar-refractivity contribution in [3.05, 3.63) is 87.9 Å². The third kappa shape index (κ3) is 5.65. The van der Waals surface area contributed by atoms with Gasteiger partial charge in [0.1, 0.15) is 11.6 Å². The first-order valence-electron chi connectivity index (χ1n) is 11.6. The average molecular weight is 481 g/mol. The molecule has 7 heteroatoms. The predicted octanol–water partition coefficient (Wildman–Crippen LogP) is 5.07. The highest BCUT2D eigenvalue weighted by atomic mass is 32.1. The first-order valence-corrected chi connectivity index (χ1v) is 12.5. The number of ether oxygens (including phenoxy) is 1. The Hall–Kier alpha value is -3.19. The molecule has 178 valence electrons. The van der Waals surface area contributed by atoms with E-state index in [1.54, 1.807) is 40.5 Å². The van der Waals surface area contributed by atoms with Gasteiger partial charge in [0, 0.05) is 18.0 Å². The van der Waals surface area contributed by atoms with Gasteiger partial charge < -0.3 is 14.5 Å². The van der Waals surface area contributed by atoms with Gasteiger partial charge in [-0.05, 0) is 59.7 Å². The number of thiophene rings is 1. The van der Waals surface area contributed by atoms with Crippen LogP contribution in [-0.2, 0) is 16.0 Å². The number of hydrogen-bond donors (Lipinski definition) is 0. The van der Waals surface area contributed by atoms with Crippen molar-refractivity contribution in [1.82, 2.24) is 9.80 Å². The van der Waals surface area contributed by atoms with E-state index in [-0.39, 0.29) is 36.8 Å². The number of carbonyl (C=O) groups excluding carboxylic acids is 2. The molecule has 0 bridgehead atoms. The fourth-order valence-electron chi connectivity index (χ4n) is 4.24. The molecule has 1 aliphatic rings. The maximum absolute atomic E-state index is 13.6. The van der Waals surface area contributed by atoms with Crippen LogP contribution >= 0.6 is 11.3 Å². The van der Waals surface area contributed by atoms with Crippen molar-refractivity contribution in [2.45, 2.75) is 32.2 Å². The second kappa shape index (κ2) is 11.3. The monoisotopic (exact) mass is 480 g/mol. The number of hydrogen-bond acceptors (Lipinski definition) is 4. The molecule has 1 aromatic heterocycles. The molecule has 34 heavy (non-hydrogen) atoms. The fourth-order valence-corrected chi connectivity index (χ4v) is 5.14. The summed E-state index contributed by atoms with van der Waals surface area (Å²) in [6.07, 6.45) is 2.49. The number of nitrogens with zero attached hydrogens (tertiary/aromatic N) is 2. The van der Waals surface area contributed by atoms with Crippen LogP contribution in [-0.4, -0.2) is 47.9 Å². The number of fused-ring (bicyclic) bond motifs is 1. The highest BCUT2D eigenvalue weighted by molar-refractivity contribution is 7.10. The van der Waals surface area contributed by atoms with Crippen LogP contribution in [0, 0.1) is 5.82 Å². The summed E-state index contributed by atoms with van der Waals surface area (Å²) in [5.41, 5.74) is 1.95. The fraction of sp³-hybridized carbons (Fsp3) is 0.333. The van der Waals surface area contributed by atoms with Gasteiger partial charge in [-0.25, -0.2) is 4.39 Å². The van der Waals surface area contributed by atoms with Crippen LogP contribution in [0.15, 0.2) is 66.0 Å². The zero-order chi connectivity index (χ0) is 23.9. The number of rotatable bonds is 9. The maximum Gasteiger partial charge on any atom is 0.260 e. The van der Waals surface area contributed by atoms with Crippen LogP contribution in [0.1, 0.15) is 41.8 Å². The Morgan fingerprint density at radius 3 is 2.62 bits per heavy atom. The van der Waals surface area contributed by atoms with Gasteiger partial charge in [0.15, 0.2) is 6.61 Å². The largest absolute Gasteiger partial charge is 0.484 e. The molecule has 1 unspecified atom stereocenters. The van der Waals surface area contributed by atoms with E-state index in [1.165, 1.54) is 17.0 Å². The highest BCUT2D eigenvalue weighted by Crippen LogP contribution is 2.37. The average Bonchev–Trinajstić information content (AvgIpc) is 3.34. The standard InChI is InChI=1S/C27H29FN2O3S/c1-2-3-15-29(26(32)19-33-22-7-5-4-6-8-22)18-25(31)30-16-13-24-23(14-17-34-24)27(30)20-9-11-21(28)12-10-20/h4-12,14,17,27H,2-3,13,15-16,18-19H2,1H3. The molecule has 4 rings (SSSR count). The Morgan fingerprint density at radius 2 is 1.88 bits per heavy atom. The molecule has 0 radical (unpaired) electrons. The number of halogens is 1. The minimum Gasteiger partial charge on any atom is -0.484 e. The molecule has 0 aliphatic carbocycles. The summed E-state index contributed by atoms with van der Waals surface area (Å²) in [6, 6.07) is 17.3. The van der Waals surface area contributed by atoms with Crippen LogP contribution in [0.5, 0.6) is 5.75 Å². The minimum atomic E-state index is -0.308. The van der Waals surface area contributed by atoms with Gasteiger partial charge in [-0.3, -0.25) is 9.59 Å². The normalized spacial score (nSPS) is 15.0. The van der Waals surface area contributed by atoms with Crippen LogP contribution < -0.4 is 4.74 Å². The zero-order valence-electron chi connectivity index (χ0n) is 19.3. The summed E-state index contributed by atoms with van der Waals surface area (Å²) in [5, 5.41) is 2.03. The number of carbonyl (C=O) groups is 2. The number of para-hydroxylation sites is 1. The summed E-state index contributed by atoms with van der Waals surface area (Å²) in [5.74, 6) is -0.0136. The topological polar surface area (TPSA) is 49.9 Å². The van der Waals surface area contributed by atoms with Gasteiger partial charge in [-0.15, -0.1) is 11.3 Å². The van der Waals surface area contributed by atoms with Crippen LogP contribution in [0.25, 0.3) is 0 Å². The van der Waals surface area contributed by atoms with Crippen molar-refractivity contribution in [3.63, 3.8) is 0 Å². The number of benzene rings is 2. The molecule has 0 fully saturated rings. The van der Waals surface area contributed by atoms with E-state index >= 15 is 0 Å². The van der Waals surface area contributed by atoms with Crippen molar-refractivity contribution in [3.8, 4) is 5.75 Å². The molecule has 1 atom stereocenters. The molecule has 2 heterocycles. The van der Waals surface area contributed by atoms with Crippen molar-refractivity contribution in [2.24, 2.45) is 0 Å². The van der Waals surface area contributed by atoms with E-state index in [9.17, 15) is 14.0 Å². The summed E-state index contributed by atoms with van der Waals surface area (Å²) in [7, 11) is 0. The van der Waals surface area contributed by atoms with Crippen LogP contribution in [0.3, 0.4) is 0 Å². The molecular formula is C27H29FN2O3S. The predicted molar refractivity (Wildman–Crippen MR) is 131 cm³/mol. The van der Waals surface area contributed by atoms with E-state index < -0.39 is 0 Å². The molecule has 1 aliphatic heterocycles. The lowest BCUT2D eigenvalue weighted by atomic mass is 9.93. The van der Waals surface area contributed by atoms with Crippen molar-refractivity contribution < 1.29 is 18.7 Å². The van der Waals surface area contributed by atoms with Gasteiger partial charge in [0.2, 0.25) is 5.91 Å². The summed E-state index contributed by atoms with van der Waals surface area (Å²) < 4.78 is 19.2. The van der Waals surface area contributed by atoms with Crippen molar-refractivity contribution in [2.75, 3.05) is 26.2 Å². The van der Waals surface area contributed by atoms with E-state index in [1.807, 2.05) is 34.5 Å². The Balaban J connectivity index is 1.51. The second-order valence-electron chi connectivity index (χ2n) is 8.36. The summed E-state index contributed by atoms with van der Waals surface area (Å²) in [6.45, 7) is 2.99. The van der Waals surface area contributed by atoms with E-state index in [0.29, 0.717) is 18.8 Å². The Bertz CT molecular complexity index is 1100. The first kappa shape index (κ1) is 24.0. The van der Waals surface area contributed by atoms with Crippen LogP contribution in [0.4, 0.5) is 4.39 Å².